The van der Waals surface area contributed by atoms with Crippen LogP contribution >= 0.6 is 24.8 Å². The third-order valence-electron chi connectivity index (χ3n) is 5.73. The Morgan fingerprint density at radius 3 is 2.88 bits per heavy atom. The molecule has 0 aliphatic carbocycles. The molecule has 7 nitrogen and oxygen atoms in total. The maximum atomic E-state index is 12.9. The van der Waals surface area contributed by atoms with E-state index in [1.165, 1.54) is 0 Å². The van der Waals surface area contributed by atoms with E-state index < -0.39 is 0 Å². The van der Waals surface area contributed by atoms with Gasteiger partial charge >= 0.3 is 0 Å². The van der Waals surface area contributed by atoms with Gasteiger partial charge in [0, 0.05) is 50.3 Å². The van der Waals surface area contributed by atoms with Crippen molar-refractivity contribution < 1.29 is 9.59 Å². The van der Waals surface area contributed by atoms with Gasteiger partial charge in [0.05, 0.1) is 0 Å². The second-order valence-corrected chi connectivity index (χ2v) is 7.20. The van der Waals surface area contributed by atoms with E-state index in [1.54, 1.807) is 12.4 Å². The van der Waals surface area contributed by atoms with Crippen molar-refractivity contribution in [2.24, 2.45) is 11.8 Å². The zero-order valence-electron chi connectivity index (χ0n) is 14.6. The Morgan fingerprint density at radius 2 is 2.12 bits per heavy atom. The number of carbonyl (C=O) groups excluding carboxylic acids is 2. The maximum Gasteiger partial charge on any atom is 0.243 e. The molecule has 0 radical (unpaired) electrons. The lowest BCUT2D eigenvalue weighted by atomic mass is 9.72. The monoisotopic (exact) mass is 403 g/mol. The second-order valence-electron chi connectivity index (χ2n) is 7.20. The van der Waals surface area contributed by atoms with Crippen LogP contribution in [0.4, 0.5) is 0 Å². The Kier molecular flexibility index (Phi) is 7.32. The number of imidazole rings is 1. The SMILES string of the molecule is Cl.Cl.O=C(NCCc1ncc[nH]1)[C@H]1[C@@H]2CNC[C@@H](C2)[C@@H]2CCCC(=O)N21. The molecule has 9 heteroatoms. The summed E-state index contributed by atoms with van der Waals surface area (Å²) in [6, 6.07) is -0.0837. The highest BCUT2D eigenvalue weighted by Gasteiger charge is 2.50. The fourth-order valence-electron chi connectivity index (χ4n) is 4.69. The lowest BCUT2D eigenvalue weighted by Gasteiger charge is -2.53. The summed E-state index contributed by atoms with van der Waals surface area (Å²) in [6.45, 7) is 2.33. The van der Waals surface area contributed by atoms with Gasteiger partial charge in [0.15, 0.2) is 0 Å². The molecule has 3 saturated heterocycles. The molecule has 4 atom stereocenters. The predicted molar refractivity (Wildman–Crippen MR) is 103 cm³/mol. The fraction of sp³-hybridized carbons (Fsp3) is 0.706. The number of piperidine rings is 3. The molecule has 3 fully saturated rings. The molecule has 3 N–H and O–H groups in total. The number of nitrogens with one attached hydrogen (secondary N) is 3. The molecule has 0 unspecified atom stereocenters. The molecule has 4 heterocycles. The van der Waals surface area contributed by atoms with Crippen LogP contribution in [0.15, 0.2) is 12.4 Å². The first-order chi connectivity index (χ1) is 11.7. The minimum absolute atomic E-state index is 0. The molecule has 26 heavy (non-hydrogen) atoms. The van der Waals surface area contributed by atoms with Crippen molar-refractivity contribution in [3.05, 3.63) is 18.2 Å². The molecule has 0 spiro atoms. The molecule has 0 aromatic carbocycles. The first-order valence-corrected chi connectivity index (χ1v) is 9.02. The standard InChI is InChI=1S/C17H25N5O2.2ClH/c23-15-3-1-2-13-11-8-12(10-18-9-11)16(22(13)15)17(24)21-5-4-14-19-6-7-20-14;;/h6-7,11-13,16,18H,1-5,8-10H2,(H,19,20)(H,21,24);2*1H/t11-,12+,13+,16-;;/m1../s1. The normalized spacial score (nSPS) is 29.8. The Labute approximate surface area is 165 Å². The van der Waals surface area contributed by atoms with Crippen LogP contribution in [0.5, 0.6) is 0 Å². The molecular formula is C17H27Cl2N5O2. The van der Waals surface area contributed by atoms with Crippen molar-refractivity contribution in [1.82, 2.24) is 25.5 Å². The average Bonchev–Trinajstić information content (AvgIpc) is 3.10. The van der Waals surface area contributed by atoms with Crippen LogP contribution < -0.4 is 10.6 Å². The largest absolute Gasteiger partial charge is 0.354 e. The number of nitrogens with zero attached hydrogens (tertiary/aromatic N) is 2. The zero-order valence-corrected chi connectivity index (χ0v) is 16.3. The van der Waals surface area contributed by atoms with Gasteiger partial charge in [-0.3, -0.25) is 9.59 Å². The van der Waals surface area contributed by atoms with Gasteiger partial charge < -0.3 is 20.5 Å². The summed E-state index contributed by atoms with van der Waals surface area (Å²) in [5.41, 5.74) is 0. The van der Waals surface area contributed by atoms with E-state index in [4.69, 9.17) is 0 Å². The summed E-state index contributed by atoms with van der Waals surface area (Å²) >= 11 is 0. The van der Waals surface area contributed by atoms with E-state index in [-0.39, 0.29) is 54.6 Å². The third-order valence-corrected chi connectivity index (χ3v) is 5.73. The highest BCUT2D eigenvalue weighted by molar-refractivity contribution is 5.89. The lowest BCUT2D eigenvalue weighted by Crippen LogP contribution is -2.68. The van der Waals surface area contributed by atoms with Crippen molar-refractivity contribution in [1.29, 1.82) is 0 Å². The Morgan fingerprint density at radius 1 is 1.31 bits per heavy atom. The van der Waals surface area contributed by atoms with Gasteiger partial charge in [-0.1, -0.05) is 0 Å². The molecule has 0 saturated carbocycles. The number of aromatic amines is 1. The van der Waals surface area contributed by atoms with Crippen molar-refractivity contribution in [2.45, 2.75) is 44.2 Å². The molecule has 2 bridgehead atoms. The van der Waals surface area contributed by atoms with Crippen molar-refractivity contribution in [3.63, 3.8) is 0 Å². The summed E-state index contributed by atoms with van der Waals surface area (Å²) < 4.78 is 0. The number of aromatic nitrogens is 2. The molecule has 3 aliphatic rings. The minimum atomic E-state index is -0.316. The molecule has 2 amide bonds. The number of amides is 2. The van der Waals surface area contributed by atoms with Crippen LogP contribution in [0.1, 0.15) is 31.5 Å². The molecule has 3 aliphatic heterocycles. The topological polar surface area (TPSA) is 90.1 Å². The summed E-state index contributed by atoms with van der Waals surface area (Å²) in [5.74, 6) is 1.75. The quantitative estimate of drug-likeness (QED) is 0.696. The van der Waals surface area contributed by atoms with E-state index in [0.29, 0.717) is 25.3 Å². The van der Waals surface area contributed by atoms with Crippen molar-refractivity contribution in [3.8, 4) is 0 Å². The van der Waals surface area contributed by atoms with E-state index in [0.717, 1.165) is 38.2 Å². The van der Waals surface area contributed by atoms with Gasteiger partial charge in [-0.25, -0.2) is 4.98 Å². The van der Waals surface area contributed by atoms with Gasteiger partial charge in [0.2, 0.25) is 11.8 Å². The molecule has 146 valence electrons. The maximum absolute atomic E-state index is 12.9. The Bertz CT molecular complexity index is 612. The van der Waals surface area contributed by atoms with Crippen LogP contribution in [-0.4, -0.2) is 58.4 Å². The van der Waals surface area contributed by atoms with Crippen LogP contribution in [-0.2, 0) is 16.0 Å². The average molecular weight is 404 g/mol. The zero-order chi connectivity index (χ0) is 16.5. The molecular weight excluding hydrogens is 377 g/mol. The van der Waals surface area contributed by atoms with Gasteiger partial charge in [-0.15, -0.1) is 24.8 Å². The number of fused-ring (bicyclic) bond motifs is 4. The van der Waals surface area contributed by atoms with Crippen molar-refractivity contribution >= 4 is 36.6 Å². The predicted octanol–water partition coefficient (Wildman–Crippen LogP) is 0.901. The van der Waals surface area contributed by atoms with E-state index >= 15 is 0 Å². The van der Waals surface area contributed by atoms with Gasteiger partial charge in [0.25, 0.3) is 0 Å². The highest BCUT2D eigenvalue weighted by atomic mass is 35.5. The Balaban J connectivity index is 0.00000121. The van der Waals surface area contributed by atoms with Crippen LogP contribution in [0, 0.1) is 11.8 Å². The number of rotatable bonds is 4. The first kappa shape index (κ1) is 21.0. The summed E-state index contributed by atoms with van der Waals surface area (Å²) in [7, 11) is 0. The van der Waals surface area contributed by atoms with E-state index in [1.807, 2.05) is 4.90 Å². The number of halogens is 2. The number of carbonyl (C=O) groups is 2. The van der Waals surface area contributed by atoms with Crippen LogP contribution in [0.25, 0.3) is 0 Å². The first-order valence-electron chi connectivity index (χ1n) is 9.02. The summed E-state index contributed by atoms with van der Waals surface area (Å²) in [6.07, 6.45) is 7.78. The minimum Gasteiger partial charge on any atom is -0.354 e. The van der Waals surface area contributed by atoms with E-state index in [9.17, 15) is 9.59 Å². The number of hydrogen-bond acceptors (Lipinski definition) is 4. The fourth-order valence-corrected chi connectivity index (χ4v) is 4.69. The second kappa shape index (κ2) is 9.06. The molecule has 1 aromatic rings. The van der Waals surface area contributed by atoms with Gasteiger partial charge in [0.1, 0.15) is 11.9 Å². The third kappa shape index (κ3) is 4.00. The lowest BCUT2D eigenvalue weighted by molar-refractivity contribution is -0.157. The summed E-state index contributed by atoms with van der Waals surface area (Å²) in [4.78, 5) is 34.6. The smallest absolute Gasteiger partial charge is 0.243 e. The van der Waals surface area contributed by atoms with E-state index in [2.05, 4.69) is 20.6 Å². The molecule has 1 aromatic heterocycles. The number of H-pyrrole nitrogens is 1. The van der Waals surface area contributed by atoms with Gasteiger partial charge in [-0.05, 0) is 31.7 Å². The highest BCUT2D eigenvalue weighted by Crippen LogP contribution is 2.39. The van der Waals surface area contributed by atoms with Gasteiger partial charge in [-0.2, -0.15) is 0 Å². The molecule has 4 rings (SSSR count). The number of hydrogen-bond donors (Lipinski definition) is 3. The van der Waals surface area contributed by atoms with Crippen LogP contribution in [0.3, 0.4) is 0 Å². The summed E-state index contributed by atoms with van der Waals surface area (Å²) in [5, 5.41) is 6.49. The Hall–Kier alpha value is -1.31. The van der Waals surface area contributed by atoms with Crippen molar-refractivity contribution in [2.75, 3.05) is 19.6 Å². The van der Waals surface area contributed by atoms with Crippen LogP contribution in [0.2, 0.25) is 0 Å².